The monoisotopic (exact) mass is 422 g/mol. The van der Waals surface area contributed by atoms with Crippen molar-refractivity contribution in [1.82, 2.24) is 4.31 Å². The zero-order valence-electron chi connectivity index (χ0n) is 15.5. The van der Waals surface area contributed by atoms with Gasteiger partial charge in [0.2, 0.25) is 5.91 Å². The average Bonchev–Trinajstić information content (AvgIpc) is 3.24. The minimum absolute atomic E-state index is 0.119. The molecule has 1 aromatic carbocycles. The average molecular weight is 423 g/mol. The Morgan fingerprint density at radius 1 is 1.25 bits per heavy atom. The van der Waals surface area contributed by atoms with Crippen molar-refractivity contribution in [2.24, 2.45) is 5.92 Å². The van der Waals surface area contributed by atoms with E-state index in [-0.39, 0.29) is 28.8 Å². The van der Waals surface area contributed by atoms with Gasteiger partial charge in [-0.1, -0.05) is 18.2 Å². The number of amides is 1. The van der Waals surface area contributed by atoms with Crippen LogP contribution < -0.4 is 5.32 Å². The Balaban J connectivity index is 1.73. The van der Waals surface area contributed by atoms with Crippen molar-refractivity contribution in [3.8, 4) is 0 Å². The number of esters is 1. The van der Waals surface area contributed by atoms with E-state index in [9.17, 15) is 18.0 Å². The fraction of sp³-hybridized carbons (Fsp3) is 0.368. The van der Waals surface area contributed by atoms with Gasteiger partial charge in [-0.25, -0.2) is 13.2 Å². The molecule has 2 aromatic rings. The molecule has 1 aromatic heterocycles. The van der Waals surface area contributed by atoms with Crippen molar-refractivity contribution in [3.05, 3.63) is 47.3 Å². The smallest absolute Gasteiger partial charge is 0.340 e. The molecule has 9 heteroatoms. The third-order valence-corrected chi connectivity index (χ3v) is 7.76. The van der Waals surface area contributed by atoms with Crippen LogP contribution in [-0.2, 0) is 19.6 Å². The summed E-state index contributed by atoms with van der Waals surface area (Å²) in [4.78, 5) is 24.9. The van der Waals surface area contributed by atoms with Crippen LogP contribution in [0.15, 0.2) is 46.0 Å². The fourth-order valence-corrected chi connectivity index (χ4v) is 5.79. The van der Waals surface area contributed by atoms with Gasteiger partial charge in [-0.3, -0.25) is 4.79 Å². The maximum atomic E-state index is 12.8. The van der Waals surface area contributed by atoms with Crippen molar-refractivity contribution in [2.75, 3.05) is 25.0 Å². The predicted molar refractivity (Wildman–Crippen MR) is 107 cm³/mol. The van der Waals surface area contributed by atoms with Gasteiger partial charge < -0.3 is 10.1 Å². The summed E-state index contributed by atoms with van der Waals surface area (Å²) in [6.45, 7) is 2.46. The molecular formula is C19H22N2O5S2. The number of anilines is 1. The highest BCUT2D eigenvalue weighted by Gasteiger charge is 2.34. The zero-order chi connectivity index (χ0) is 20.1. The van der Waals surface area contributed by atoms with Crippen LogP contribution in [0.1, 0.15) is 30.1 Å². The number of hydrogen-bond acceptors (Lipinski definition) is 6. The summed E-state index contributed by atoms with van der Waals surface area (Å²) in [5.41, 5.74) is 0.640. The lowest BCUT2D eigenvalue weighted by molar-refractivity contribution is -0.120. The highest BCUT2D eigenvalue weighted by molar-refractivity contribution is 7.91. The fourth-order valence-electron chi connectivity index (χ4n) is 3.13. The van der Waals surface area contributed by atoms with Gasteiger partial charge in [-0.05, 0) is 43.3 Å². The molecule has 0 radical (unpaired) electrons. The SMILES string of the molecule is CCOC(=O)c1ccccc1NC(=O)[C@H]1CCCN(S(=O)(=O)c2cccs2)C1. The van der Waals surface area contributed by atoms with E-state index in [0.29, 0.717) is 25.1 Å². The van der Waals surface area contributed by atoms with Crippen LogP contribution in [0.4, 0.5) is 5.69 Å². The molecule has 1 aliphatic heterocycles. The predicted octanol–water partition coefficient (Wildman–Crippen LogP) is 2.96. The van der Waals surface area contributed by atoms with Crippen molar-refractivity contribution in [3.63, 3.8) is 0 Å². The summed E-state index contributed by atoms with van der Waals surface area (Å²) < 4.78 is 32.1. The van der Waals surface area contributed by atoms with E-state index in [1.807, 2.05) is 0 Å². The van der Waals surface area contributed by atoms with E-state index >= 15 is 0 Å². The second-order valence-electron chi connectivity index (χ2n) is 6.39. The maximum Gasteiger partial charge on any atom is 0.340 e. The van der Waals surface area contributed by atoms with Gasteiger partial charge in [-0.2, -0.15) is 4.31 Å². The first-order chi connectivity index (χ1) is 13.4. The molecule has 1 N–H and O–H groups in total. The summed E-state index contributed by atoms with van der Waals surface area (Å²) in [5, 5.41) is 4.48. The van der Waals surface area contributed by atoms with E-state index in [1.54, 1.807) is 48.7 Å². The van der Waals surface area contributed by atoms with Gasteiger partial charge in [0.05, 0.1) is 23.8 Å². The van der Waals surface area contributed by atoms with Crippen molar-refractivity contribution < 1.29 is 22.7 Å². The Hall–Kier alpha value is -2.23. The second-order valence-corrected chi connectivity index (χ2v) is 9.50. The molecular weight excluding hydrogens is 400 g/mol. The summed E-state index contributed by atoms with van der Waals surface area (Å²) in [7, 11) is -3.59. The maximum absolute atomic E-state index is 12.8. The van der Waals surface area contributed by atoms with Gasteiger partial charge >= 0.3 is 5.97 Å². The molecule has 150 valence electrons. The Labute approximate surface area is 168 Å². The molecule has 1 saturated heterocycles. The van der Waals surface area contributed by atoms with Gasteiger partial charge in [0.1, 0.15) is 4.21 Å². The summed E-state index contributed by atoms with van der Waals surface area (Å²) >= 11 is 1.16. The number of carbonyl (C=O) groups excluding carboxylic acids is 2. The normalized spacial score (nSPS) is 17.8. The number of ether oxygens (including phenoxy) is 1. The first-order valence-electron chi connectivity index (χ1n) is 9.04. The summed E-state index contributed by atoms with van der Waals surface area (Å²) in [6.07, 6.45) is 1.19. The lowest BCUT2D eigenvalue weighted by Gasteiger charge is -2.30. The van der Waals surface area contributed by atoms with Crippen LogP contribution in [0.3, 0.4) is 0 Å². The molecule has 28 heavy (non-hydrogen) atoms. The van der Waals surface area contributed by atoms with Crippen LogP contribution in [0, 0.1) is 5.92 Å². The Morgan fingerprint density at radius 3 is 2.75 bits per heavy atom. The number of hydrogen-bond donors (Lipinski definition) is 1. The van der Waals surface area contributed by atoms with Gasteiger partial charge in [-0.15, -0.1) is 11.3 Å². The third kappa shape index (κ3) is 4.43. The number of nitrogens with zero attached hydrogens (tertiary/aromatic N) is 1. The van der Waals surface area contributed by atoms with E-state index in [0.717, 1.165) is 11.3 Å². The number of nitrogens with one attached hydrogen (secondary N) is 1. The van der Waals surface area contributed by atoms with Crippen LogP contribution in [0.2, 0.25) is 0 Å². The molecule has 0 unspecified atom stereocenters. The summed E-state index contributed by atoms with van der Waals surface area (Å²) in [6, 6.07) is 9.89. The minimum Gasteiger partial charge on any atom is -0.462 e. The first kappa shape index (κ1) is 20.5. The molecule has 7 nitrogen and oxygen atoms in total. The molecule has 1 aliphatic rings. The molecule has 0 spiro atoms. The molecule has 1 atom stereocenters. The van der Waals surface area contributed by atoms with Crippen molar-refractivity contribution >= 4 is 38.9 Å². The van der Waals surface area contributed by atoms with Crippen molar-refractivity contribution in [1.29, 1.82) is 0 Å². The Morgan fingerprint density at radius 2 is 2.04 bits per heavy atom. The molecule has 1 fully saturated rings. The van der Waals surface area contributed by atoms with Gasteiger partial charge in [0, 0.05) is 13.1 Å². The molecule has 2 heterocycles. The topological polar surface area (TPSA) is 92.8 Å². The molecule has 0 saturated carbocycles. The number of rotatable bonds is 6. The quantitative estimate of drug-likeness (QED) is 0.723. The van der Waals surface area contributed by atoms with Crippen molar-refractivity contribution in [2.45, 2.75) is 24.0 Å². The number of piperidine rings is 1. The highest BCUT2D eigenvalue weighted by atomic mass is 32.2. The Kier molecular flexibility index (Phi) is 6.48. The minimum atomic E-state index is -3.59. The first-order valence-corrected chi connectivity index (χ1v) is 11.4. The van der Waals surface area contributed by atoms with E-state index in [1.165, 1.54) is 4.31 Å². The third-order valence-electron chi connectivity index (χ3n) is 4.52. The molecule has 3 rings (SSSR count). The second kappa shape index (κ2) is 8.85. The lowest BCUT2D eigenvalue weighted by atomic mass is 9.98. The number of benzene rings is 1. The summed E-state index contributed by atoms with van der Waals surface area (Å²) in [5.74, 6) is -1.30. The number of carbonyl (C=O) groups is 2. The van der Waals surface area contributed by atoms with Crippen LogP contribution in [-0.4, -0.2) is 44.3 Å². The molecule has 0 bridgehead atoms. The van der Waals surface area contributed by atoms with E-state index in [2.05, 4.69) is 5.32 Å². The number of sulfonamides is 1. The standard InChI is InChI=1S/C19H22N2O5S2/c1-2-26-19(23)15-8-3-4-9-16(15)20-18(22)14-7-5-11-21(13-14)28(24,25)17-10-6-12-27-17/h3-4,6,8-10,12,14H,2,5,7,11,13H2,1H3,(H,20,22)/t14-/m0/s1. The number of thiophene rings is 1. The van der Waals surface area contributed by atoms with E-state index < -0.39 is 21.9 Å². The van der Waals surface area contributed by atoms with E-state index in [4.69, 9.17) is 4.74 Å². The molecule has 0 aliphatic carbocycles. The van der Waals surface area contributed by atoms with Gasteiger partial charge in [0.15, 0.2) is 0 Å². The Bertz CT molecular complexity index is 941. The van der Waals surface area contributed by atoms with Crippen LogP contribution in [0.25, 0.3) is 0 Å². The van der Waals surface area contributed by atoms with Crippen LogP contribution in [0.5, 0.6) is 0 Å². The lowest BCUT2D eigenvalue weighted by Crippen LogP contribution is -2.43. The highest BCUT2D eigenvalue weighted by Crippen LogP contribution is 2.27. The van der Waals surface area contributed by atoms with Crippen LogP contribution >= 0.6 is 11.3 Å². The molecule has 1 amide bonds. The number of para-hydroxylation sites is 1. The largest absolute Gasteiger partial charge is 0.462 e. The zero-order valence-corrected chi connectivity index (χ0v) is 17.1. The van der Waals surface area contributed by atoms with Gasteiger partial charge in [0.25, 0.3) is 10.0 Å².